The van der Waals surface area contributed by atoms with E-state index in [1.807, 2.05) is 6.92 Å². The van der Waals surface area contributed by atoms with Crippen LogP contribution in [0.15, 0.2) is 6.20 Å². The van der Waals surface area contributed by atoms with Crippen molar-refractivity contribution in [1.29, 1.82) is 0 Å². The molecule has 17 heavy (non-hydrogen) atoms. The number of nitrogens with zero attached hydrogens (tertiary/aromatic N) is 2. The minimum Gasteiger partial charge on any atom is -0.396 e. The van der Waals surface area contributed by atoms with Crippen LogP contribution in [0, 0.1) is 5.82 Å². The Kier molecular flexibility index (Phi) is 6.24. The molecule has 6 heteroatoms. The summed E-state index contributed by atoms with van der Waals surface area (Å²) in [5, 5.41) is 14.5. The first-order valence-corrected chi connectivity index (χ1v) is 5.89. The van der Waals surface area contributed by atoms with Crippen molar-refractivity contribution in [1.82, 2.24) is 9.97 Å². The van der Waals surface area contributed by atoms with Crippen LogP contribution in [-0.4, -0.2) is 34.8 Å². The number of aromatic nitrogens is 2. The van der Waals surface area contributed by atoms with E-state index in [0.717, 1.165) is 25.6 Å². The lowest BCUT2D eigenvalue weighted by Gasteiger charge is -2.08. The number of hydrogen-bond donors (Lipinski definition) is 3. The SMILES string of the molecule is CCCNc1ncc(F)c(NCCCCO)n1. The Balaban J connectivity index is 2.50. The molecule has 0 aliphatic carbocycles. The standard InChI is InChI=1S/C11H19FN4O/c1-2-5-14-11-15-8-9(12)10(16-11)13-6-3-4-7-17/h8,17H,2-7H2,1H3,(H2,13,14,15,16). The lowest BCUT2D eigenvalue weighted by Crippen LogP contribution is -2.10. The molecule has 3 N–H and O–H groups in total. The summed E-state index contributed by atoms with van der Waals surface area (Å²) in [4.78, 5) is 7.88. The average Bonchev–Trinajstić information content (AvgIpc) is 2.35. The van der Waals surface area contributed by atoms with Gasteiger partial charge in [-0.15, -0.1) is 0 Å². The summed E-state index contributed by atoms with van der Waals surface area (Å²) in [6.45, 7) is 3.53. The molecule has 0 saturated heterocycles. The number of aliphatic hydroxyl groups excluding tert-OH is 1. The van der Waals surface area contributed by atoms with Crippen molar-refractivity contribution in [3.8, 4) is 0 Å². The average molecular weight is 242 g/mol. The molecule has 0 radical (unpaired) electrons. The van der Waals surface area contributed by atoms with E-state index in [4.69, 9.17) is 5.11 Å². The maximum Gasteiger partial charge on any atom is 0.224 e. The fourth-order valence-electron chi connectivity index (χ4n) is 1.26. The summed E-state index contributed by atoms with van der Waals surface area (Å²) < 4.78 is 13.3. The molecule has 1 rings (SSSR count). The number of aliphatic hydroxyl groups is 1. The van der Waals surface area contributed by atoms with Gasteiger partial charge in [0.25, 0.3) is 0 Å². The van der Waals surface area contributed by atoms with Crippen LogP contribution in [0.3, 0.4) is 0 Å². The first kappa shape index (κ1) is 13.6. The van der Waals surface area contributed by atoms with Gasteiger partial charge in [0.1, 0.15) is 0 Å². The predicted molar refractivity (Wildman–Crippen MR) is 65.6 cm³/mol. The molecule has 1 aromatic rings. The van der Waals surface area contributed by atoms with Gasteiger partial charge in [-0.25, -0.2) is 9.37 Å². The van der Waals surface area contributed by atoms with Gasteiger partial charge in [0.2, 0.25) is 5.95 Å². The lowest BCUT2D eigenvalue weighted by molar-refractivity contribution is 0.286. The zero-order valence-electron chi connectivity index (χ0n) is 10.0. The van der Waals surface area contributed by atoms with E-state index < -0.39 is 5.82 Å². The Bertz CT molecular complexity index is 335. The van der Waals surface area contributed by atoms with Gasteiger partial charge in [0.05, 0.1) is 6.20 Å². The Hall–Kier alpha value is -1.43. The van der Waals surface area contributed by atoms with Crippen molar-refractivity contribution < 1.29 is 9.50 Å². The highest BCUT2D eigenvalue weighted by Crippen LogP contribution is 2.11. The maximum atomic E-state index is 13.3. The van der Waals surface area contributed by atoms with Crippen molar-refractivity contribution in [2.24, 2.45) is 0 Å². The molecule has 0 aliphatic heterocycles. The van der Waals surface area contributed by atoms with E-state index in [1.165, 1.54) is 0 Å². The monoisotopic (exact) mass is 242 g/mol. The fraction of sp³-hybridized carbons (Fsp3) is 0.636. The second-order valence-electron chi connectivity index (χ2n) is 3.67. The summed E-state index contributed by atoms with van der Waals surface area (Å²) in [7, 11) is 0. The van der Waals surface area contributed by atoms with Gasteiger partial charge in [-0.3, -0.25) is 0 Å². The minimum atomic E-state index is -0.462. The molecule has 0 aliphatic rings. The van der Waals surface area contributed by atoms with Gasteiger partial charge < -0.3 is 15.7 Å². The smallest absolute Gasteiger partial charge is 0.224 e. The third kappa shape index (κ3) is 4.95. The van der Waals surface area contributed by atoms with Crippen LogP contribution in [0.1, 0.15) is 26.2 Å². The quantitative estimate of drug-likeness (QED) is 0.604. The van der Waals surface area contributed by atoms with Crippen LogP contribution in [0.2, 0.25) is 0 Å². The third-order valence-electron chi connectivity index (χ3n) is 2.15. The number of rotatable bonds is 8. The van der Waals surface area contributed by atoms with Crippen LogP contribution >= 0.6 is 0 Å². The first-order chi connectivity index (χ1) is 8.27. The van der Waals surface area contributed by atoms with E-state index in [0.29, 0.717) is 18.9 Å². The Morgan fingerprint density at radius 1 is 1.29 bits per heavy atom. The van der Waals surface area contributed by atoms with Crippen molar-refractivity contribution in [3.63, 3.8) is 0 Å². The first-order valence-electron chi connectivity index (χ1n) is 5.89. The molecule has 0 aromatic carbocycles. The van der Waals surface area contributed by atoms with Crippen molar-refractivity contribution in [2.45, 2.75) is 26.2 Å². The molecule has 0 spiro atoms. The zero-order chi connectivity index (χ0) is 12.5. The van der Waals surface area contributed by atoms with E-state index in [1.54, 1.807) is 0 Å². The number of anilines is 2. The minimum absolute atomic E-state index is 0.150. The Labute approximate surface area is 100 Å². The van der Waals surface area contributed by atoms with Crippen LogP contribution in [0.25, 0.3) is 0 Å². The largest absolute Gasteiger partial charge is 0.396 e. The summed E-state index contributed by atoms with van der Waals surface area (Å²) in [5.41, 5.74) is 0. The number of unbranched alkanes of at least 4 members (excludes halogenated alkanes) is 1. The molecule has 0 amide bonds. The van der Waals surface area contributed by atoms with Crippen LogP contribution in [0.5, 0.6) is 0 Å². The third-order valence-corrected chi connectivity index (χ3v) is 2.15. The van der Waals surface area contributed by atoms with Gasteiger partial charge in [-0.1, -0.05) is 6.92 Å². The fourth-order valence-corrected chi connectivity index (χ4v) is 1.26. The molecular formula is C11H19FN4O. The zero-order valence-corrected chi connectivity index (χ0v) is 10.0. The molecular weight excluding hydrogens is 223 g/mol. The maximum absolute atomic E-state index is 13.3. The summed E-state index contributed by atoms with van der Waals surface area (Å²) in [6, 6.07) is 0. The second kappa shape index (κ2) is 7.78. The summed E-state index contributed by atoms with van der Waals surface area (Å²) in [5.74, 6) is 0.172. The molecule has 0 fully saturated rings. The van der Waals surface area contributed by atoms with E-state index in [9.17, 15) is 4.39 Å². The van der Waals surface area contributed by atoms with Crippen molar-refractivity contribution >= 4 is 11.8 Å². The van der Waals surface area contributed by atoms with Crippen molar-refractivity contribution in [2.75, 3.05) is 30.3 Å². The molecule has 5 nitrogen and oxygen atoms in total. The highest BCUT2D eigenvalue weighted by Gasteiger charge is 2.05. The summed E-state index contributed by atoms with van der Waals surface area (Å²) in [6.07, 6.45) is 3.58. The van der Waals surface area contributed by atoms with Crippen LogP contribution < -0.4 is 10.6 Å². The molecule has 96 valence electrons. The second-order valence-corrected chi connectivity index (χ2v) is 3.67. The van der Waals surface area contributed by atoms with Crippen molar-refractivity contribution in [3.05, 3.63) is 12.0 Å². The summed E-state index contributed by atoms with van der Waals surface area (Å²) >= 11 is 0. The van der Waals surface area contributed by atoms with Crippen LogP contribution in [-0.2, 0) is 0 Å². The van der Waals surface area contributed by atoms with Gasteiger partial charge in [-0.05, 0) is 19.3 Å². The Morgan fingerprint density at radius 3 is 2.82 bits per heavy atom. The molecule has 0 unspecified atom stereocenters. The number of halogens is 1. The highest BCUT2D eigenvalue weighted by atomic mass is 19.1. The van der Waals surface area contributed by atoms with Gasteiger partial charge >= 0.3 is 0 Å². The van der Waals surface area contributed by atoms with Gasteiger partial charge in [-0.2, -0.15) is 4.98 Å². The Morgan fingerprint density at radius 2 is 2.12 bits per heavy atom. The van der Waals surface area contributed by atoms with E-state index >= 15 is 0 Å². The normalized spacial score (nSPS) is 10.3. The van der Waals surface area contributed by atoms with Crippen LogP contribution in [0.4, 0.5) is 16.2 Å². The highest BCUT2D eigenvalue weighted by molar-refractivity contribution is 5.40. The number of nitrogens with one attached hydrogen (secondary N) is 2. The topological polar surface area (TPSA) is 70.1 Å². The van der Waals surface area contributed by atoms with Gasteiger partial charge in [0, 0.05) is 19.7 Å². The molecule has 0 bridgehead atoms. The van der Waals surface area contributed by atoms with Gasteiger partial charge in [0.15, 0.2) is 11.6 Å². The van der Waals surface area contributed by atoms with E-state index in [-0.39, 0.29) is 12.4 Å². The molecule has 0 saturated carbocycles. The lowest BCUT2D eigenvalue weighted by atomic mass is 10.3. The number of hydrogen-bond acceptors (Lipinski definition) is 5. The molecule has 1 heterocycles. The predicted octanol–water partition coefficient (Wildman–Crippen LogP) is 1.62. The van der Waals surface area contributed by atoms with E-state index in [2.05, 4.69) is 20.6 Å². The molecule has 1 aromatic heterocycles. The molecule has 0 atom stereocenters.